The van der Waals surface area contributed by atoms with Crippen LogP contribution < -0.4 is 10.2 Å². The summed E-state index contributed by atoms with van der Waals surface area (Å²) >= 11 is 0. The van der Waals surface area contributed by atoms with Crippen molar-refractivity contribution in [3.05, 3.63) is 35.9 Å². The lowest BCUT2D eigenvalue weighted by atomic mass is 9.85. The molecule has 0 radical (unpaired) electrons. The Labute approximate surface area is 235 Å². The number of alkyl halides is 3. The number of morpholine rings is 1. The number of fused-ring (bicyclic) bond motifs is 3. The van der Waals surface area contributed by atoms with E-state index < -0.39 is 24.2 Å². The molecule has 3 atom stereocenters. The fourth-order valence-electron chi connectivity index (χ4n) is 7.02. The Hall–Kier alpha value is -3.19. The number of hydrogen-bond acceptors (Lipinski definition) is 7. The summed E-state index contributed by atoms with van der Waals surface area (Å²) in [6.07, 6.45) is 7.29. The van der Waals surface area contributed by atoms with E-state index in [0.717, 1.165) is 64.0 Å². The number of aromatic nitrogens is 5. The summed E-state index contributed by atoms with van der Waals surface area (Å²) < 4.78 is 50.6. The van der Waals surface area contributed by atoms with Crippen molar-refractivity contribution in [1.82, 2.24) is 29.3 Å². The second-order valence-corrected chi connectivity index (χ2v) is 11.9. The highest BCUT2D eigenvalue weighted by Crippen LogP contribution is 2.36. The molecule has 0 unspecified atom stereocenters. The minimum Gasteiger partial charge on any atom is -0.374 e. The van der Waals surface area contributed by atoms with E-state index in [1.807, 2.05) is 6.07 Å². The number of halogens is 3. The van der Waals surface area contributed by atoms with Gasteiger partial charge in [-0.3, -0.25) is 9.48 Å². The third-order valence-electron chi connectivity index (χ3n) is 9.16. The van der Waals surface area contributed by atoms with Crippen LogP contribution in [0.4, 0.5) is 24.7 Å². The maximum atomic E-state index is 14.0. The van der Waals surface area contributed by atoms with E-state index in [4.69, 9.17) is 9.72 Å². The van der Waals surface area contributed by atoms with E-state index in [-0.39, 0.29) is 29.4 Å². The average molecular weight is 573 g/mol. The Kier molecular flexibility index (Phi) is 7.10. The molecule has 2 bridgehead atoms. The van der Waals surface area contributed by atoms with Crippen LogP contribution in [0.1, 0.15) is 73.5 Å². The predicted octanol–water partition coefficient (Wildman–Crippen LogP) is 4.26. The van der Waals surface area contributed by atoms with Crippen molar-refractivity contribution in [2.24, 2.45) is 5.92 Å². The minimum atomic E-state index is -2.84. The summed E-state index contributed by atoms with van der Waals surface area (Å²) in [6.45, 7) is 3.75. The number of rotatable bonds is 7. The van der Waals surface area contributed by atoms with Crippen LogP contribution in [-0.2, 0) is 4.74 Å². The Morgan fingerprint density at radius 3 is 2.73 bits per heavy atom. The number of amides is 1. The molecule has 220 valence electrons. The first-order valence-corrected chi connectivity index (χ1v) is 14.7. The molecule has 3 aliphatic heterocycles. The van der Waals surface area contributed by atoms with Crippen LogP contribution in [0.5, 0.6) is 0 Å². The molecule has 41 heavy (non-hydrogen) atoms. The van der Waals surface area contributed by atoms with E-state index in [9.17, 15) is 18.0 Å². The highest BCUT2D eigenvalue weighted by atomic mass is 19.3. The fourth-order valence-corrected chi connectivity index (χ4v) is 7.02. The first-order valence-electron chi connectivity index (χ1n) is 14.7. The molecule has 1 saturated carbocycles. The van der Waals surface area contributed by atoms with Crippen molar-refractivity contribution in [3.8, 4) is 0 Å². The molecular formula is C28H35F3N8O2. The monoisotopic (exact) mass is 572 g/mol. The van der Waals surface area contributed by atoms with Gasteiger partial charge in [-0.05, 0) is 63.5 Å². The predicted molar refractivity (Wildman–Crippen MR) is 145 cm³/mol. The molecule has 1 N–H and O–H groups in total. The number of nitrogens with one attached hydrogen (secondary N) is 1. The highest BCUT2D eigenvalue weighted by Gasteiger charge is 2.40. The van der Waals surface area contributed by atoms with Gasteiger partial charge in [0.2, 0.25) is 0 Å². The Morgan fingerprint density at radius 1 is 1.15 bits per heavy atom. The first kappa shape index (κ1) is 26.7. The molecule has 7 rings (SSSR count). The van der Waals surface area contributed by atoms with Gasteiger partial charge in [-0.25, -0.2) is 22.7 Å². The molecular weight excluding hydrogens is 537 g/mol. The van der Waals surface area contributed by atoms with E-state index in [1.54, 1.807) is 10.9 Å². The van der Waals surface area contributed by atoms with Gasteiger partial charge in [0.25, 0.3) is 12.3 Å². The number of ether oxygens (including phenoxy) is 1. The number of likely N-dealkylation sites (tertiary alicyclic amines) is 1. The molecule has 3 aromatic heterocycles. The fraction of sp³-hybridized carbons (Fsp3) is 0.643. The molecule has 3 saturated heterocycles. The lowest BCUT2D eigenvalue weighted by Gasteiger charge is -2.35. The zero-order chi connectivity index (χ0) is 28.1. The molecule has 4 fully saturated rings. The summed E-state index contributed by atoms with van der Waals surface area (Å²) in [6, 6.07) is 2.10. The second kappa shape index (κ2) is 10.9. The zero-order valence-electron chi connectivity index (χ0n) is 22.8. The van der Waals surface area contributed by atoms with Crippen LogP contribution in [-0.4, -0.2) is 86.3 Å². The van der Waals surface area contributed by atoms with Gasteiger partial charge >= 0.3 is 0 Å². The Balaban J connectivity index is 1.04. The number of hydrogen-bond donors (Lipinski definition) is 1. The van der Waals surface area contributed by atoms with Crippen LogP contribution >= 0.6 is 0 Å². The maximum Gasteiger partial charge on any atom is 0.284 e. The molecule has 0 spiro atoms. The van der Waals surface area contributed by atoms with Crippen LogP contribution in [0, 0.1) is 5.92 Å². The van der Waals surface area contributed by atoms with E-state index in [1.165, 1.54) is 16.9 Å². The van der Waals surface area contributed by atoms with Crippen molar-refractivity contribution >= 4 is 23.1 Å². The van der Waals surface area contributed by atoms with Gasteiger partial charge in [0.1, 0.15) is 17.6 Å². The summed E-state index contributed by atoms with van der Waals surface area (Å²) in [5, 5.41) is 11.1. The molecule has 0 aromatic carbocycles. The van der Waals surface area contributed by atoms with Gasteiger partial charge in [-0.2, -0.15) is 10.2 Å². The van der Waals surface area contributed by atoms with Crippen molar-refractivity contribution in [1.29, 1.82) is 0 Å². The first-order chi connectivity index (χ1) is 19.9. The molecule has 4 aliphatic rings. The maximum absolute atomic E-state index is 14.0. The van der Waals surface area contributed by atoms with Gasteiger partial charge in [0, 0.05) is 32.0 Å². The normalized spacial score (nSPS) is 28.7. The third-order valence-corrected chi connectivity index (χ3v) is 9.16. The van der Waals surface area contributed by atoms with E-state index in [2.05, 4.69) is 25.3 Å². The largest absolute Gasteiger partial charge is 0.374 e. The molecule has 3 aromatic rings. The van der Waals surface area contributed by atoms with Crippen molar-refractivity contribution in [2.75, 3.05) is 43.0 Å². The number of anilines is 2. The number of carbonyl (C=O) groups excluding carboxylic acids is 1. The number of carbonyl (C=O) groups is 1. The Morgan fingerprint density at radius 2 is 2.00 bits per heavy atom. The summed E-state index contributed by atoms with van der Waals surface area (Å²) in [5.41, 5.74) is 0.120. The summed E-state index contributed by atoms with van der Waals surface area (Å²) in [4.78, 5) is 22.4. The van der Waals surface area contributed by atoms with E-state index in [0.29, 0.717) is 31.1 Å². The average Bonchev–Trinajstić information content (AvgIpc) is 3.76. The van der Waals surface area contributed by atoms with Gasteiger partial charge in [0.05, 0.1) is 36.7 Å². The molecule has 1 amide bonds. The highest BCUT2D eigenvalue weighted by molar-refractivity contribution is 6.08. The van der Waals surface area contributed by atoms with Gasteiger partial charge < -0.3 is 19.9 Å². The molecule has 13 heteroatoms. The van der Waals surface area contributed by atoms with Crippen LogP contribution in [0.2, 0.25) is 0 Å². The van der Waals surface area contributed by atoms with Crippen LogP contribution in [0.3, 0.4) is 0 Å². The van der Waals surface area contributed by atoms with Gasteiger partial charge in [-0.15, -0.1) is 0 Å². The lowest BCUT2D eigenvalue weighted by Crippen LogP contribution is -2.40. The summed E-state index contributed by atoms with van der Waals surface area (Å²) in [5.74, 6) is 0.648. The minimum absolute atomic E-state index is 0.000987. The quantitative estimate of drug-likeness (QED) is 0.452. The topological polar surface area (TPSA) is 92.8 Å². The van der Waals surface area contributed by atoms with Gasteiger partial charge in [0.15, 0.2) is 11.3 Å². The van der Waals surface area contributed by atoms with Crippen molar-refractivity contribution in [2.45, 2.75) is 75.7 Å². The standard InChI is InChI=1S/C28H35F3N8O2/c29-18-2-1-8-36(13-18)12-17-3-5-19(6-4-17)39-15-23(25(35-39)26(30)31)33-28(40)22-11-32-38-9-7-24(34-27(22)38)37-14-21-10-20(37)16-41-21/h7,9,11,15,17-21,26H,1-6,8,10,12-14,16H2,(H,33,40)/t17?,18-,19?,20-,21-/m1/s1. The number of piperidine rings is 1. The van der Waals surface area contributed by atoms with Crippen molar-refractivity contribution in [3.63, 3.8) is 0 Å². The Bertz CT molecular complexity index is 1400. The third kappa shape index (κ3) is 5.29. The second-order valence-electron chi connectivity index (χ2n) is 11.9. The SMILES string of the molecule is O=C(Nc1cn(C2CCC(CN3CCC[C@@H](F)C3)CC2)nc1C(F)F)c1cnn2ccc(N3C[C@H]4C[C@@H]3CO4)nc12. The zero-order valence-corrected chi connectivity index (χ0v) is 22.8. The molecule has 10 nitrogen and oxygen atoms in total. The number of nitrogens with zero attached hydrogens (tertiary/aromatic N) is 7. The van der Waals surface area contributed by atoms with Gasteiger partial charge in [-0.1, -0.05) is 0 Å². The summed E-state index contributed by atoms with van der Waals surface area (Å²) in [7, 11) is 0. The van der Waals surface area contributed by atoms with Crippen molar-refractivity contribution < 1.29 is 22.7 Å². The lowest BCUT2D eigenvalue weighted by molar-refractivity contribution is 0.0988. The van der Waals surface area contributed by atoms with E-state index >= 15 is 0 Å². The van der Waals surface area contributed by atoms with Crippen LogP contribution in [0.15, 0.2) is 24.7 Å². The molecule has 1 aliphatic carbocycles. The smallest absolute Gasteiger partial charge is 0.284 e. The van der Waals surface area contributed by atoms with Crippen LogP contribution in [0.25, 0.3) is 5.65 Å². The molecule has 6 heterocycles.